The van der Waals surface area contributed by atoms with Gasteiger partial charge in [-0.15, -0.1) is 0 Å². The molecule has 0 N–H and O–H groups in total. The van der Waals surface area contributed by atoms with Crippen molar-refractivity contribution in [1.29, 1.82) is 0 Å². The second kappa shape index (κ2) is 9.33. The molecule has 40 heavy (non-hydrogen) atoms. The fraction of sp³-hybridized carbons (Fsp3) is 0.564. The molecule has 2 aromatic rings. The van der Waals surface area contributed by atoms with Gasteiger partial charge in [0.15, 0.2) is 0 Å². The van der Waals surface area contributed by atoms with Crippen LogP contribution in [0.25, 0.3) is 11.1 Å². The average Bonchev–Trinajstić information content (AvgIpc) is 3.47. The second-order valence-corrected chi connectivity index (χ2v) is 23.8. The van der Waals surface area contributed by atoms with Crippen molar-refractivity contribution in [2.24, 2.45) is 23.2 Å². The van der Waals surface area contributed by atoms with Crippen LogP contribution in [0.15, 0.2) is 51.3 Å². The standard InChI is InChI=1S/C21H25.C15H19.C3H6.Zr/c1-20(2,3)16-7-9-18-14(12-16)11-15-13-17(21(4,5)6)8-10-19(15)18;1-2-4-14(3-1)15-8-11-5-12(9-15)7-13(6-11)10-15;1-3-2;/h7-10,12H,11H2,1-6H3;3-4,11-13H,1,5-10H2;1-2H3;. The number of hydrogen-bond donors (Lipinski definition) is 0. The van der Waals surface area contributed by atoms with Gasteiger partial charge in [-0.1, -0.05) is 0 Å². The predicted octanol–water partition coefficient (Wildman–Crippen LogP) is 9.74. The van der Waals surface area contributed by atoms with Crippen molar-refractivity contribution in [1.82, 2.24) is 0 Å². The molecule has 1 heteroatoms. The van der Waals surface area contributed by atoms with Gasteiger partial charge >= 0.3 is 253 Å². The topological polar surface area (TPSA) is 0 Å². The summed E-state index contributed by atoms with van der Waals surface area (Å²) in [6.45, 7) is 19.4. The summed E-state index contributed by atoms with van der Waals surface area (Å²) in [5.74, 6) is 3.05. The minimum atomic E-state index is -2.28. The molecule has 4 saturated carbocycles. The third-order valence-electron chi connectivity index (χ3n) is 11.3. The Morgan fingerprint density at radius 3 is 2.00 bits per heavy atom. The molecule has 2 aromatic carbocycles. The summed E-state index contributed by atoms with van der Waals surface area (Å²) in [6, 6.07) is 12.4. The first-order chi connectivity index (χ1) is 18.8. The molecule has 4 bridgehead atoms. The first-order valence-electron chi connectivity index (χ1n) is 16.2. The molecule has 4 fully saturated rings. The summed E-state index contributed by atoms with van der Waals surface area (Å²) in [5.41, 5.74) is 12.0. The third-order valence-corrected chi connectivity index (χ3v) is 18.9. The fourth-order valence-electron chi connectivity index (χ4n) is 9.92. The molecule has 0 unspecified atom stereocenters. The molecule has 8 rings (SSSR count). The number of rotatable bonds is 3. The minimum absolute atomic E-state index is 0.159. The monoisotopic (exact) mass is 608 g/mol. The fourth-order valence-corrected chi connectivity index (χ4v) is 18.1. The number of allylic oxidation sites excluding steroid dienone is 4. The molecular formula is C39H50Zr. The quantitative estimate of drug-likeness (QED) is 0.277. The summed E-state index contributed by atoms with van der Waals surface area (Å²) in [6.07, 6.45) is 17.0. The molecule has 0 aliphatic heterocycles. The van der Waals surface area contributed by atoms with Crippen LogP contribution in [0.4, 0.5) is 0 Å². The average molecular weight is 610 g/mol. The summed E-state index contributed by atoms with van der Waals surface area (Å²) < 4.78 is 5.43. The van der Waals surface area contributed by atoms with E-state index in [1.54, 1.807) is 25.5 Å². The van der Waals surface area contributed by atoms with Gasteiger partial charge < -0.3 is 0 Å². The van der Waals surface area contributed by atoms with Crippen molar-refractivity contribution in [3.8, 4) is 11.1 Å². The zero-order chi connectivity index (χ0) is 28.2. The Morgan fingerprint density at radius 2 is 1.43 bits per heavy atom. The van der Waals surface area contributed by atoms with Gasteiger partial charge in [0.1, 0.15) is 0 Å². The van der Waals surface area contributed by atoms with Gasteiger partial charge in [0.05, 0.1) is 0 Å². The van der Waals surface area contributed by atoms with E-state index in [-0.39, 0.29) is 10.8 Å². The van der Waals surface area contributed by atoms with Crippen LogP contribution in [0.1, 0.15) is 123 Å². The Kier molecular flexibility index (Phi) is 6.42. The van der Waals surface area contributed by atoms with Crippen molar-refractivity contribution in [2.75, 3.05) is 0 Å². The maximum atomic E-state index is 2.82. The van der Waals surface area contributed by atoms with E-state index in [9.17, 15) is 0 Å². The van der Waals surface area contributed by atoms with Gasteiger partial charge in [-0.2, -0.15) is 0 Å². The molecule has 210 valence electrons. The van der Waals surface area contributed by atoms with Crippen LogP contribution in [-0.2, 0) is 38.5 Å². The van der Waals surface area contributed by atoms with E-state index < -0.39 is 21.3 Å². The summed E-state index contributed by atoms with van der Waals surface area (Å²) in [4.78, 5) is 0. The van der Waals surface area contributed by atoms with Crippen molar-refractivity contribution in [3.05, 3.63) is 73.6 Å². The van der Waals surface area contributed by atoms with E-state index in [4.69, 9.17) is 0 Å². The van der Waals surface area contributed by atoms with Crippen LogP contribution < -0.4 is 3.27 Å². The Bertz CT molecular complexity index is 1450. The molecule has 0 radical (unpaired) electrons. The zero-order valence-corrected chi connectivity index (χ0v) is 28.9. The maximum absolute atomic E-state index is 2.82. The van der Waals surface area contributed by atoms with E-state index in [0.717, 1.165) is 24.2 Å². The van der Waals surface area contributed by atoms with Gasteiger partial charge in [0, 0.05) is 0 Å². The van der Waals surface area contributed by atoms with Crippen molar-refractivity contribution >= 4 is 6.48 Å². The van der Waals surface area contributed by atoms with E-state index >= 15 is 0 Å². The Balaban J connectivity index is 1.33. The Labute approximate surface area is 251 Å². The van der Waals surface area contributed by atoms with Gasteiger partial charge in [-0.05, 0) is 0 Å². The van der Waals surface area contributed by atoms with Gasteiger partial charge in [-0.25, -0.2) is 0 Å². The van der Waals surface area contributed by atoms with Crippen LogP contribution in [-0.4, -0.2) is 3.21 Å². The SMILES string of the molecule is C[C](C)=[Zr]([C]1=CC(C23CC4CC(CC(C4)C2)C3)=CC1)[c]1c(C(C)(C)C)ccc2c1Cc1cc(C(C)(C)C)ccc1-2. The molecule has 0 atom stereocenters. The van der Waals surface area contributed by atoms with E-state index in [1.807, 2.05) is 6.55 Å². The van der Waals surface area contributed by atoms with Crippen molar-refractivity contribution in [2.45, 2.75) is 118 Å². The molecule has 0 aromatic heterocycles. The first-order valence-corrected chi connectivity index (χ1v) is 19.9. The van der Waals surface area contributed by atoms with Crippen LogP contribution in [0.5, 0.6) is 0 Å². The predicted molar refractivity (Wildman–Crippen MR) is 169 cm³/mol. The van der Waals surface area contributed by atoms with Gasteiger partial charge in [0.2, 0.25) is 0 Å². The Hall–Kier alpha value is -1.33. The van der Waals surface area contributed by atoms with Crippen LogP contribution >= 0.6 is 0 Å². The van der Waals surface area contributed by atoms with E-state index in [1.165, 1.54) is 61.6 Å². The number of benzene rings is 2. The van der Waals surface area contributed by atoms with E-state index in [2.05, 4.69) is 97.9 Å². The van der Waals surface area contributed by atoms with Crippen LogP contribution in [0.3, 0.4) is 0 Å². The molecule has 0 nitrogen and oxygen atoms in total. The molecule has 0 spiro atoms. The van der Waals surface area contributed by atoms with Crippen LogP contribution in [0.2, 0.25) is 0 Å². The normalized spacial score (nSPS) is 28.4. The van der Waals surface area contributed by atoms with Gasteiger partial charge in [-0.3, -0.25) is 0 Å². The number of fused-ring (bicyclic) bond motifs is 3. The van der Waals surface area contributed by atoms with Crippen LogP contribution in [0, 0.1) is 23.2 Å². The summed E-state index contributed by atoms with van der Waals surface area (Å²) in [5, 5.41) is 0. The number of hydrogen-bond acceptors (Lipinski definition) is 0. The third kappa shape index (κ3) is 4.43. The molecular weight excluding hydrogens is 560 g/mol. The molecule has 0 saturated heterocycles. The Morgan fingerprint density at radius 1 is 0.800 bits per heavy atom. The second-order valence-electron chi connectivity index (χ2n) is 16.7. The van der Waals surface area contributed by atoms with Gasteiger partial charge in [0.25, 0.3) is 0 Å². The van der Waals surface area contributed by atoms with Crippen molar-refractivity contribution in [3.63, 3.8) is 0 Å². The molecule has 6 aliphatic rings. The van der Waals surface area contributed by atoms with Crippen molar-refractivity contribution < 1.29 is 21.3 Å². The molecule has 0 heterocycles. The molecule has 0 amide bonds. The first kappa shape index (κ1) is 27.5. The summed E-state index contributed by atoms with van der Waals surface area (Å²) in [7, 11) is 0. The summed E-state index contributed by atoms with van der Waals surface area (Å²) >= 11 is -2.28. The molecule has 6 aliphatic carbocycles. The zero-order valence-electron chi connectivity index (χ0n) is 26.4. The van der Waals surface area contributed by atoms with E-state index in [0.29, 0.717) is 5.41 Å².